The van der Waals surface area contributed by atoms with Gasteiger partial charge in [0.05, 0.1) is 0 Å². The van der Waals surface area contributed by atoms with Crippen molar-refractivity contribution in [3.63, 3.8) is 0 Å². The zero-order chi connectivity index (χ0) is 15.7. The van der Waals surface area contributed by atoms with E-state index in [2.05, 4.69) is 4.98 Å². The Labute approximate surface area is 119 Å². The van der Waals surface area contributed by atoms with E-state index in [9.17, 15) is 18.3 Å². The van der Waals surface area contributed by atoms with Gasteiger partial charge in [-0.25, -0.2) is 13.4 Å². The molecule has 1 rings (SSSR count). The van der Waals surface area contributed by atoms with Crippen molar-refractivity contribution in [3.8, 4) is 0 Å². The fourth-order valence-electron chi connectivity index (χ4n) is 2.01. The Morgan fingerprint density at radius 3 is 2.35 bits per heavy atom. The second kappa shape index (κ2) is 5.53. The second-order valence-electron chi connectivity index (χ2n) is 4.95. The van der Waals surface area contributed by atoms with Gasteiger partial charge in [0.15, 0.2) is 5.03 Å². The van der Waals surface area contributed by atoms with E-state index in [-0.39, 0.29) is 11.6 Å². The number of hydrogen-bond donors (Lipinski definition) is 1. The lowest BCUT2D eigenvalue weighted by atomic mass is 10.1. The van der Waals surface area contributed by atoms with E-state index in [0.29, 0.717) is 12.4 Å². The summed E-state index contributed by atoms with van der Waals surface area (Å²) in [6.07, 6.45) is 1.44. The number of nitrogens with zero attached hydrogens (tertiary/aromatic N) is 3. The molecule has 0 saturated carbocycles. The molecule has 0 unspecified atom stereocenters. The standard InChI is InChI=1S/C12H21N3O4S/c1-6-14-8-10(13-9(14)3)20(18,19)15(7-2)12(4,5)11(16)17/h8H,6-7H2,1-5H3,(H,16,17). The highest BCUT2D eigenvalue weighted by Gasteiger charge is 2.42. The van der Waals surface area contributed by atoms with Crippen molar-refractivity contribution in [3.05, 3.63) is 12.0 Å². The molecule has 0 radical (unpaired) electrons. The molecular formula is C12H21N3O4S. The predicted octanol–water partition coefficient (Wildman–Crippen LogP) is 1.09. The van der Waals surface area contributed by atoms with E-state index >= 15 is 0 Å². The lowest BCUT2D eigenvalue weighted by Crippen LogP contribution is -2.52. The Balaban J connectivity index is 3.35. The fraction of sp³-hybridized carbons (Fsp3) is 0.667. The quantitative estimate of drug-likeness (QED) is 0.849. The minimum atomic E-state index is -3.95. The van der Waals surface area contributed by atoms with Crippen LogP contribution in [-0.4, -0.2) is 45.4 Å². The van der Waals surface area contributed by atoms with Crippen molar-refractivity contribution in [1.82, 2.24) is 13.9 Å². The number of likely N-dealkylation sites (N-methyl/N-ethyl adjacent to an activating group) is 1. The number of carbonyl (C=O) groups is 1. The van der Waals surface area contributed by atoms with Gasteiger partial charge in [-0.3, -0.25) is 4.79 Å². The van der Waals surface area contributed by atoms with Crippen LogP contribution in [0.15, 0.2) is 11.2 Å². The number of aromatic nitrogens is 2. The number of hydrogen-bond acceptors (Lipinski definition) is 4. The summed E-state index contributed by atoms with van der Waals surface area (Å²) in [5.74, 6) is -0.621. The van der Waals surface area contributed by atoms with E-state index in [1.165, 1.54) is 20.0 Å². The molecule has 0 aliphatic rings. The smallest absolute Gasteiger partial charge is 0.324 e. The van der Waals surface area contributed by atoms with Gasteiger partial charge in [-0.1, -0.05) is 6.92 Å². The topological polar surface area (TPSA) is 92.5 Å². The van der Waals surface area contributed by atoms with Gasteiger partial charge in [0.1, 0.15) is 11.4 Å². The van der Waals surface area contributed by atoms with E-state index in [4.69, 9.17) is 0 Å². The zero-order valence-corrected chi connectivity index (χ0v) is 13.2. The average Bonchev–Trinajstić information content (AvgIpc) is 2.71. The molecule has 0 saturated heterocycles. The van der Waals surface area contributed by atoms with Gasteiger partial charge in [0, 0.05) is 19.3 Å². The van der Waals surface area contributed by atoms with Gasteiger partial charge in [0.25, 0.3) is 10.0 Å². The first-order valence-electron chi connectivity index (χ1n) is 6.39. The summed E-state index contributed by atoms with van der Waals surface area (Å²) in [6, 6.07) is 0. The van der Waals surface area contributed by atoms with Crippen LogP contribution < -0.4 is 0 Å². The van der Waals surface area contributed by atoms with Crippen molar-refractivity contribution in [2.45, 2.75) is 51.7 Å². The predicted molar refractivity (Wildman–Crippen MR) is 73.9 cm³/mol. The summed E-state index contributed by atoms with van der Waals surface area (Å²) in [5.41, 5.74) is -1.53. The van der Waals surface area contributed by atoms with Crippen LogP contribution in [0.25, 0.3) is 0 Å². The van der Waals surface area contributed by atoms with Crippen molar-refractivity contribution in [2.75, 3.05) is 6.54 Å². The first-order valence-corrected chi connectivity index (χ1v) is 7.83. The first-order chi connectivity index (χ1) is 9.08. The molecule has 0 aliphatic heterocycles. The molecule has 1 aromatic heterocycles. The lowest BCUT2D eigenvalue weighted by molar-refractivity contribution is -0.146. The molecular weight excluding hydrogens is 282 g/mol. The van der Waals surface area contributed by atoms with Crippen molar-refractivity contribution < 1.29 is 18.3 Å². The molecule has 7 nitrogen and oxygen atoms in total. The third kappa shape index (κ3) is 2.71. The normalized spacial score (nSPS) is 12.9. The largest absolute Gasteiger partial charge is 0.480 e. The van der Waals surface area contributed by atoms with Gasteiger partial charge in [-0.2, -0.15) is 4.31 Å². The molecule has 0 amide bonds. The molecule has 0 fully saturated rings. The van der Waals surface area contributed by atoms with Crippen molar-refractivity contribution in [2.24, 2.45) is 0 Å². The Morgan fingerprint density at radius 1 is 1.45 bits per heavy atom. The third-order valence-corrected chi connectivity index (χ3v) is 5.30. The number of carboxylic acids is 1. The van der Waals surface area contributed by atoms with Crippen LogP contribution in [-0.2, 0) is 21.4 Å². The number of imidazole rings is 1. The molecule has 1 heterocycles. The van der Waals surface area contributed by atoms with Gasteiger partial charge in [0.2, 0.25) is 0 Å². The highest BCUT2D eigenvalue weighted by atomic mass is 32.2. The van der Waals surface area contributed by atoms with E-state index < -0.39 is 21.5 Å². The SMILES string of the molecule is CCN(C(C)(C)C(=O)O)S(=O)(=O)c1cn(CC)c(C)n1. The Hall–Kier alpha value is -1.41. The Kier molecular flexibility index (Phi) is 4.60. The molecule has 1 N–H and O–H groups in total. The van der Waals surface area contributed by atoms with Crippen LogP contribution in [0.3, 0.4) is 0 Å². The minimum Gasteiger partial charge on any atom is -0.480 e. The molecule has 8 heteroatoms. The highest BCUT2D eigenvalue weighted by Crippen LogP contribution is 2.24. The average molecular weight is 303 g/mol. The summed E-state index contributed by atoms with van der Waals surface area (Å²) < 4.78 is 27.8. The maximum atomic E-state index is 12.6. The Morgan fingerprint density at radius 2 is 2.00 bits per heavy atom. The van der Waals surface area contributed by atoms with Gasteiger partial charge in [-0.05, 0) is 27.7 Å². The zero-order valence-electron chi connectivity index (χ0n) is 12.4. The maximum Gasteiger partial charge on any atom is 0.324 e. The van der Waals surface area contributed by atoms with Crippen LogP contribution in [0, 0.1) is 6.92 Å². The summed E-state index contributed by atoms with van der Waals surface area (Å²) in [7, 11) is -3.95. The highest BCUT2D eigenvalue weighted by molar-refractivity contribution is 7.89. The molecule has 0 bridgehead atoms. The van der Waals surface area contributed by atoms with E-state index in [1.807, 2.05) is 6.92 Å². The molecule has 0 aliphatic carbocycles. The van der Waals surface area contributed by atoms with Crippen LogP contribution in [0.1, 0.15) is 33.5 Å². The van der Waals surface area contributed by atoms with Crippen molar-refractivity contribution >= 4 is 16.0 Å². The van der Waals surface area contributed by atoms with Gasteiger partial charge >= 0.3 is 5.97 Å². The number of aryl methyl sites for hydroxylation is 2. The summed E-state index contributed by atoms with van der Waals surface area (Å²) in [6.45, 7) is 8.57. The van der Waals surface area contributed by atoms with Crippen molar-refractivity contribution in [1.29, 1.82) is 0 Å². The number of rotatable bonds is 6. The summed E-state index contributed by atoms with van der Waals surface area (Å²) in [5, 5.41) is 9.11. The third-order valence-electron chi connectivity index (χ3n) is 3.28. The van der Waals surface area contributed by atoms with E-state index in [1.54, 1.807) is 18.4 Å². The monoisotopic (exact) mass is 303 g/mol. The summed E-state index contributed by atoms with van der Waals surface area (Å²) in [4.78, 5) is 15.3. The Bertz CT molecular complexity index is 604. The van der Waals surface area contributed by atoms with E-state index in [0.717, 1.165) is 4.31 Å². The number of carboxylic acid groups (broad SMARTS) is 1. The van der Waals surface area contributed by atoms with Crippen LogP contribution in [0.4, 0.5) is 0 Å². The maximum absolute atomic E-state index is 12.6. The molecule has 20 heavy (non-hydrogen) atoms. The second-order valence-corrected chi connectivity index (χ2v) is 6.76. The first kappa shape index (κ1) is 16.6. The molecule has 1 aromatic rings. The van der Waals surface area contributed by atoms with Crippen LogP contribution in [0.5, 0.6) is 0 Å². The minimum absolute atomic E-state index is 0.0552. The molecule has 0 atom stereocenters. The summed E-state index contributed by atoms with van der Waals surface area (Å²) >= 11 is 0. The lowest BCUT2D eigenvalue weighted by Gasteiger charge is -2.32. The van der Waals surface area contributed by atoms with Crippen LogP contribution in [0.2, 0.25) is 0 Å². The van der Waals surface area contributed by atoms with Gasteiger partial charge < -0.3 is 9.67 Å². The van der Waals surface area contributed by atoms with Gasteiger partial charge in [-0.15, -0.1) is 0 Å². The fourth-order valence-corrected chi connectivity index (χ4v) is 3.76. The molecule has 114 valence electrons. The molecule has 0 aromatic carbocycles. The van der Waals surface area contributed by atoms with Crippen LogP contribution >= 0.6 is 0 Å². The number of sulfonamides is 1. The number of aliphatic carboxylic acids is 1. The molecule has 0 spiro atoms.